The smallest absolute Gasteiger partial charge is 0.276 e. The third-order valence-electron chi connectivity index (χ3n) is 5.14. The summed E-state index contributed by atoms with van der Waals surface area (Å²) in [7, 11) is 4.55. The molecule has 0 unspecified atom stereocenters. The summed E-state index contributed by atoms with van der Waals surface area (Å²) >= 11 is 0. The maximum Gasteiger partial charge on any atom is 0.276 e. The van der Waals surface area contributed by atoms with Crippen molar-refractivity contribution in [2.75, 3.05) is 26.6 Å². The van der Waals surface area contributed by atoms with E-state index in [1.807, 2.05) is 0 Å². The fraction of sp³-hybridized carbons (Fsp3) is 0.273. The van der Waals surface area contributed by atoms with Crippen molar-refractivity contribution in [1.29, 1.82) is 0 Å². The standard InChI is InChI=1S/C22H22FN3O4/c1-28-18-11-14(12-19(29-2)21(18)30-3)24-22(27)20-16-5-4-6-17(16)26(25-20)15-9-7-13(23)8-10-15/h7-12H,4-6H2,1-3H3,(H,24,27). The third kappa shape index (κ3) is 3.45. The topological polar surface area (TPSA) is 74.6 Å². The fourth-order valence-electron chi connectivity index (χ4n) is 3.76. The summed E-state index contributed by atoms with van der Waals surface area (Å²) < 4.78 is 31.0. The van der Waals surface area contributed by atoms with Crippen LogP contribution in [0.3, 0.4) is 0 Å². The molecule has 0 saturated carbocycles. The minimum Gasteiger partial charge on any atom is -0.493 e. The van der Waals surface area contributed by atoms with Gasteiger partial charge in [-0.05, 0) is 43.5 Å². The summed E-state index contributed by atoms with van der Waals surface area (Å²) in [5.41, 5.74) is 3.49. The quantitative estimate of drug-likeness (QED) is 0.668. The van der Waals surface area contributed by atoms with Crippen LogP contribution in [0.1, 0.15) is 28.2 Å². The van der Waals surface area contributed by atoms with E-state index in [1.54, 1.807) is 28.9 Å². The summed E-state index contributed by atoms with van der Waals surface area (Å²) in [5.74, 6) is 0.675. The number of ether oxygens (including phenoxy) is 3. The number of fused-ring (bicyclic) bond motifs is 1. The number of hydrogen-bond acceptors (Lipinski definition) is 5. The van der Waals surface area contributed by atoms with Crippen LogP contribution in [-0.4, -0.2) is 37.0 Å². The normalized spacial score (nSPS) is 12.4. The van der Waals surface area contributed by atoms with Crippen LogP contribution in [0, 0.1) is 5.82 Å². The van der Waals surface area contributed by atoms with Gasteiger partial charge >= 0.3 is 0 Å². The van der Waals surface area contributed by atoms with E-state index in [-0.39, 0.29) is 11.7 Å². The van der Waals surface area contributed by atoms with Crippen molar-refractivity contribution in [2.24, 2.45) is 0 Å². The van der Waals surface area contributed by atoms with Gasteiger partial charge in [-0.25, -0.2) is 9.07 Å². The van der Waals surface area contributed by atoms with Crippen molar-refractivity contribution in [3.63, 3.8) is 0 Å². The lowest BCUT2D eigenvalue weighted by atomic mass is 10.2. The molecule has 0 bridgehead atoms. The molecule has 8 heteroatoms. The number of nitrogens with zero attached hydrogens (tertiary/aromatic N) is 2. The molecule has 1 heterocycles. The monoisotopic (exact) mass is 411 g/mol. The van der Waals surface area contributed by atoms with Gasteiger partial charge in [-0.1, -0.05) is 0 Å². The first-order valence-corrected chi connectivity index (χ1v) is 9.53. The molecule has 1 aromatic heterocycles. The highest BCUT2D eigenvalue weighted by Crippen LogP contribution is 2.40. The zero-order valence-electron chi connectivity index (χ0n) is 17.0. The van der Waals surface area contributed by atoms with Crippen molar-refractivity contribution in [3.05, 3.63) is 59.2 Å². The SMILES string of the molecule is COc1cc(NC(=O)c2nn(-c3ccc(F)cc3)c3c2CCC3)cc(OC)c1OC. The number of rotatable bonds is 6. The Hall–Kier alpha value is -3.55. The van der Waals surface area contributed by atoms with E-state index in [0.29, 0.717) is 28.6 Å². The van der Waals surface area contributed by atoms with Crippen molar-refractivity contribution in [3.8, 4) is 22.9 Å². The lowest BCUT2D eigenvalue weighted by Gasteiger charge is -2.14. The summed E-state index contributed by atoms with van der Waals surface area (Å²) in [6.07, 6.45) is 2.53. The molecule has 0 radical (unpaired) electrons. The van der Waals surface area contributed by atoms with Crippen molar-refractivity contribution in [1.82, 2.24) is 9.78 Å². The van der Waals surface area contributed by atoms with Gasteiger partial charge in [0.1, 0.15) is 5.82 Å². The number of amides is 1. The Morgan fingerprint density at radius 3 is 2.30 bits per heavy atom. The first-order valence-electron chi connectivity index (χ1n) is 9.53. The molecule has 1 aliphatic carbocycles. The number of nitrogens with one attached hydrogen (secondary N) is 1. The highest BCUT2D eigenvalue weighted by atomic mass is 19.1. The zero-order chi connectivity index (χ0) is 21.3. The zero-order valence-corrected chi connectivity index (χ0v) is 17.0. The largest absolute Gasteiger partial charge is 0.493 e. The number of methoxy groups -OCH3 is 3. The fourth-order valence-corrected chi connectivity index (χ4v) is 3.76. The molecule has 0 spiro atoms. The van der Waals surface area contributed by atoms with Crippen LogP contribution in [0.15, 0.2) is 36.4 Å². The van der Waals surface area contributed by atoms with E-state index < -0.39 is 0 Å². The number of carbonyl (C=O) groups excluding carboxylic acids is 1. The van der Waals surface area contributed by atoms with E-state index in [9.17, 15) is 9.18 Å². The summed E-state index contributed by atoms with van der Waals surface area (Å²) in [5, 5.41) is 7.41. The van der Waals surface area contributed by atoms with Gasteiger partial charge in [0.25, 0.3) is 5.91 Å². The van der Waals surface area contributed by atoms with Crippen molar-refractivity contribution >= 4 is 11.6 Å². The van der Waals surface area contributed by atoms with E-state index in [0.717, 1.165) is 36.2 Å². The van der Waals surface area contributed by atoms with Gasteiger partial charge in [0, 0.05) is 29.1 Å². The molecule has 0 saturated heterocycles. The predicted molar refractivity (Wildman–Crippen MR) is 110 cm³/mol. The molecule has 0 atom stereocenters. The second-order valence-corrected chi connectivity index (χ2v) is 6.88. The highest BCUT2D eigenvalue weighted by molar-refractivity contribution is 6.04. The first kappa shape index (κ1) is 19.8. The molecule has 4 rings (SSSR count). The summed E-state index contributed by atoms with van der Waals surface area (Å²) in [4.78, 5) is 13.1. The van der Waals surface area contributed by atoms with E-state index >= 15 is 0 Å². The third-order valence-corrected chi connectivity index (χ3v) is 5.14. The minimum atomic E-state index is -0.330. The molecule has 3 aromatic rings. The number of carbonyl (C=O) groups is 1. The van der Waals surface area contributed by atoms with Gasteiger partial charge in [0.15, 0.2) is 17.2 Å². The molecule has 0 fully saturated rings. The molecular weight excluding hydrogens is 389 g/mol. The van der Waals surface area contributed by atoms with Crippen LogP contribution >= 0.6 is 0 Å². The number of benzene rings is 2. The molecule has 30 heavy (non-hydrogen) atoms. The average molecular weight is 411 g/mol. The molecule has 1 aliphatic rings. The Morgan fingerprint density at radius 1 is 1.03 bits per heavy atom. The molecule has 1 amide bonds. The number of aromatic nitrogens is 2. The Morgan fingerprint density at radius 2 is 1.70 bits per heavy atom. The Labute approximate surface area is 173 Å². The van der Waals surface area contributed by atoms with E-state index in [2.05, 4.69) is 10.4 Å². The first-order chi connectivity index (χ1) is 14.5. The second kappa shape index (κ2) is 8.06. The highest BCUT2D eigenvalue weighted by Gasteiger charge is 2.27. The summed E-state index contributed by atoms with van der Waals surface area (Å²) in [6.45, 7) is 0. The van der Waals surface area contributed by atoms with Gasteiger partial charge in [-0.2, -0.15) is 5.10 Å². The van der Waals surface area contributed by atoms with Gasteiger partial charge in [-0.3, -0.25) is 4.79 Å². The maximum atomic E-state index is 13.3. The summed E-state index contributed by atoms with van der Waals surface area (Å²) in [6, 6.07) is 9.40. The minimum absolute atomic E-state index is 0.317. The molecule has 156 valence electrons. The number of hydrogen-bond donors (Lipinski definition) is 1. The van der Waals surface area contributed by atoms with Crippen LogP contribution in [-0.2, 0) is 12.8 Å². The molecule has 2 aromatic carbocycles. The van der Waals surface area contributed by atoms with Gasteiger partial charge < -0.3 is 19.5 Å². The van der Waals surface area contributed by atoms with Crippen LogP contribution < -0.4 is 19.5 Å². The van der Waals surface area contributed by atoms with E-state index in [4.69, 9.17) is 14.2 Å². The second-order valence-electron chi connectivity index (χ2n) is 6.88. The molecule has 7 nitrogen and oxygen atoms in total. The predicted octanol–water partition coefficient (Wildman–Crippen LogP) is 3.78. The maximum absolute atomic E-state index is 13.3. The number of anilines is 1. The lowest BCUT2D eigenvalue weighted by Crippen LogP contribution is -2.15. The molecule has 1 N–H and O–H groups in total. The lowest BCUT2D eigenvalue weighted by molar-refractivity contribution is 0.102. The molecular formula is C22H22FN3O4. The Balaban J connectivity index is 1.68. The van der Waals surface area contributed by atoms with Gasteiger partial charge in [0.2, 0.25) is 5.75 Å². The van der Waals surface area contributed by atoms with Crippen LogP contribution in [0.25, 0.3) is 5.69 Å². The van der Waals surface area contributed by atoms with Gasteiger partial charge in [-0.15, -0.1) is 0 Å². The Bertz CT molecular complexity index is 1070. The van der Waals surface area contributed by atoms with Crippen LogP contribution in [0.5, 0.6) is 17.2 Å². The van der Waals surface area contributed by atoms with Crippen LogP contribution in [0.4, 0.5) is 10.1 Å². The average Bonchev–Trinajstić information content (AvgIpc) is 3.36. The van der Waals surface area contributed by atoms with E-state index in [1.165, 1.54) is 33.5 Å². The van der Waals surface area contributed by atoms with Crippen molar-refractivity contribution < 1.29 is 23.4 Å². The van der Waals surface area contributed by atoms with Crippen LogP contribution in [0.2, 0.25) is 0 Å². The van der Waals surface area contributed by atoms with Gasteiger partial charge in [0.05, 0.1) is 27.0 Å². The number of halogens is 1. The Kier molecular flexibility index (Phi) is 5.31. The van der Waals surface area contributed by atoms with Crippen molar-refractivity contribution in [2.45, 2.75) is 19.3 Å². The molecule has 0 aliphatic heterocycles.